The molecular weight excluding hydrogens is 226 g/mol. The summed E-state index contributed by atoms with van der Waals surface area (Å²) in [4.78, 5) is 0. The molecule has 0 saturated heterocycles. The summed E-state index contributed by atoms with van der Waals surface area (Å²) in [5.41, 5.74) is 2.39. The molecule has 0 radical (unpaired) electrons. The van der Waals surface area contributed by atoms with Gasteiger partial charge in [-0.15, -0.1) is 0 Å². The number of hydrogen-bond donors (Lipinski definition) is 1. The first-order valence-electron chi connectivity index (χ1n) is 6.38. The second-order valence-corrected chi connectivity index (χ2v) is 4.67. The van der Waals surface area contributed by atoms with Gasteiger partial charge in [0.15, 0.2) is 0 Å². The van der Waals surface area contributed by atoms with Crippen LogP contribution in [0.5, 0.6) is 0 Å². The van der Waals surface area contributed by atoms with Gasteiger partial charge >= 0.3 is 0 Å². The molecule has 0 aliphatic heterocycles. The van der Waals surface area contributed by atoms with Gasteiger partial charge in [-0.1, -0.05) is 6.92 Å². The van der Waals surface area contributed by atoms with Crippen molar-refractivity contribution in [2.75, 3.05) is 5.32 Å². The van der Waals surface area contributed by atoms with Gasteiger partial charge in [-0.2, -0.15) is 10.2 Å². The summed E-state index contributed by atoms with van der Waals surface area (Å²) in [6.07, 6.45) is 5.00. The minimum absolute atomic E-state index is 0.445. The first-order valence-corrected chi connectivity index (χ1v) is 6.38. The lowest BCUT2D eigenvalue weighted by atomic mass is 10.2. The maximum atomic E-state index is 4.51. The lowest BCUT2D eigenvalue weighted by Crippen LogP contribution is -2.06. The molecule has 1 N–H and O–H groups in total. The van der Waals surface area contributed by atoms with Crippen molar-refractivity contribution < 1.29 is 0 Å². The molecule has 0 spiro atoms. The first-order chi connectivity index (χ1) is 8.61. The number of hydrogen-bond acceptors (Lipinski definition) is 3. The predicted octanol–water partition coefficient (Wildman–Crippen LogP) is 2.51. The van der Waals surface area contributed by atoms with E-state index in [2.05, 4.69) is 36.3 Å². The van der Waals surface area contributed by atoms with Crippen LogP contribution in [0.25, 0.3) is 0 Å². The normalized spacial score (nSPS) is 12.7. The minimum Gasteiger partial charge on any atom is -0.364 e. The molecule has 2 aromatic heterocycles. The summed E-state index contributed by atoms with van der Waals surface area (Å²) < 4.78 is 3.88. The van der Waals surface area contributed by atoms with Crippen LogP contribution < -0.4 is 5.32 Å². The maximum Gasteiger partial charge on any atom is 0.148 e. The van der Waals surface area contributed by atoms with Crippen LogP contribution in [-0.2, 0) is 13.6 Å². The molecule has 0 saturated carbocycles. The largest absolute Gasteiger partial charge is 0.364 e. The summed E-state index contributed by atoms with van der Waals surface area (Å²) in [6, 6.07) is 2.46. The molecule has 5 heteroatoms. The fraction of sp³-hybridized carbons (Fsp3) is 0.538. The number of nitrogens with one attached hydrogen (secondary N) is 1. The van der Waals surface area contributed by atoms with Crippen molar-refractivity contribution in [3.05, 3.63) is 29.7 Å². The highest BCUT2D eigenvalue weighted by molar-refractivity contribution is 5.34. The molecule has 0 aliphatic rings. The van der Waals surface area contributed by atoms with Crippen molar-refractivity contribution in [3.63, 3.8) is 0 Å². The Labute approximate surface area is 108 Å². The van der Waals surface area contributed by atoms with E-state index in [1.165, 1.54) is 11.3 Å². The summed E-state index contributed by atoms with van der Waals surface area (Å²) in [5.74, 6) is 0.915. The monoisotopic (exact) mass is 247 g/mol. The molecule has 0 bridgehead atoms. The van der Waals surface area contributed by atoms with Crippen LogP contribution in [0.1, 0.15) is 37.6 Å². The average Bonchev–Trinajstić information content (AvgIpc) is 2.96. The number of rotatable bonds is 5. The van der Waals surface area contributed by atoms with E-state index in [-0.39, 0.29) is 0 Å². The zero-order valence-corrected chi connectivity index (χ0v) is 11.5. The fourth-order valence-corrected chi connectivity index (χ4v) is 1.77. The Morgan fingerprint density at radius 3 is 2.83 bits per heavy atom. The van der Waals surface area contributed by atoms with Gasteiger partial charge in [0, 0.05) is 43.2 Å². The van der Waals surface area contributed by atoms with E-state index < -0.39 is 0 Å². The molecule has 2 heterocycles. The molecule has 0 aliphatic carbocycles. The van der Waals surface area contributed by atoms with E-state index in [0.717, 1.165) is 18.8 Å². The third-order valence-corrected chi connectivity index (χ3v) is 3.45. The van der Waals surface area contributed by atoms with Crippen molar-refractivity contribution in [2.45, 2.75) is 39.8 Å². The van der Waals surface area contributed by atoms with Crippen LogP contribution >= 0.6 is 0 Å². The van der Waals surface area contributed by atoms with Crippen LogP contribution in [0.15, 0.2) is 18.5 Å². The second-order valence-electron chi connectivity index (χ2n) is 4.67. The van der Waals surface area contributed by atoms with Gasteiger partial charge in [0.25, 0.3) is 0 Å². The third kappa shape index (κ3) is 2.55. The molecule has 0 amide bonds. The predicted molar refractivity (Wildman–Crippen MR) is 72.5 cm³/mol. The van der Waals surface area contributed by atoms with Gasteiger partial charge < -0.3 is 5.32 Å². The molecule has 1 atom stereocenters. The summed E-state index contributed by atoms with van der Waals surface area (Å²) >= 11 is 0. The van der Waals surface area contributed by atoms with Crippen molar-refractivity contribution in [2.24, 2.45) is 7.05 Å². The van der Waals surface area contributed by atoms with Gasteiger partial charge in [-0.25, -0.2) is 0 Å². The van der Waals surface area contributed by atoms with E-state index in [9.17, 15) is 0 Å². The van der Waals surface area contributed by atoms with Crippen molar-refractivity contribution >= 4 is 5.82 Å². The second kappa shape index (κ2) is 5.25. The molecule has 2 rings (SSSR count). The zero-order valence-electron chi connectivity index (χ0n) is 11.5. The Hall–Kier alpha value is -1.78. The highest BCUT2D eigenvalue weighted by atomic mass is 15.3. The van der Waals surface area contributed by atoms with Crippen molar-refractivity contribution in [3.8, 4) is 0 Å². The Kier molecular flexibility index (Phi) is 3.69. The third-order valence-electron chi connectivity index (χ3n) is 3.45. The van der Waals surface area contributed by atoms with Gasteiger partial charge in [0.1, 0.15) is 5.82 Å². The lowest BCUT2D eigenvalue weighted by molar-refractivity contribution is 0.479. The van der Waals surface area contributed by atoms with Gasteiger partial charge in [0.2, 0.25) is 0 Å². The number of aromatic nitrogens is 4. The first kappa shape index (κ1) is 12.7. The van der Waals surface area contributed by atoms with Gasteiger partial charge in [-0.3, -0.25) is 9.36 Å². The smallest absolute Gasteiger partial charge is 0.148 e. The summed E-state index contributed by atoms with van der Waals surface area (Å²) in [6.45, 7) is 7.17. The fourth-order valence-electron chi connectivity index (χ4n) is 1.77. The van der Waals surface area contributed by atoms with Crippen LogP contribution in [0.3, 0.4) is 0 Å². The molecule has 0 unspecified atom stereocenters. The Bertz CT molecular complexity index is 511. The molecule has 0 fully saturated rings. The quantitative estimate of drug-likeness (QED) is 0.883. The highest BCUT2D eigenvalue weighted by Crippen LogP contribution is 2.13. The van der Waals surface area contributed by atoms with E-state index in [1.54, 1.807) is 0 Å². The molecule has 2 aromatic rings. The Balaban J connectivity index is 1.98. The Morgan fingerprint density at radius 1 is 1.44 bits per heavy atom. The molecule has 98 valence electrons. The van der Waals surface area contributed by atoms with Crippen LogP contribution in [0.4, 0.5) is 5.82 Å². The zero-order chi connectivity index (χ0) is 13.1. The minimum atomic E-state index is 0.445. The van der Waals surface area contributed by atoms with Crippen molar-refractivity contribution in [1.29, 1.82) is 0 Å². The van der Waals surface area contributed by atoms with Crippen LogP contribution in [0.2, 0.25) is 0 Å². The van der Waals surface area contributed by atoms with E-state index in [4.69, 9.17) is 0 Å². The highest BCUT2D eigenvalue weighted by Gasteiger charge is 2.06. The van der Waals surface area contributed by atoms with Gasteiger partial charge in [0.05, 0.1) is 6.20 Å². The topological polar surface area (TPSA) is 47.7 Å². The van der Waals surface area contributed by atoms with E-state index in [0.29, 0.717) is 6.04 Å². The number of aryl methyl sites for hydroxylation is 1. The number of anilines is 1. The standard InChI is InChI=1S/C13H21N5/c1-5-10(2)18-7-6-13(16-18)14-8-12-9-15-17(4)11(12)3/h6-7,9-10H,5,8H2,1-4H3,(H,14,16)/t10-/m0/s1. The van der Waals surface area contributed by atoms with Crippen molar-refractivity contribution in [1.82, 2.24) is 19.6 Å². The van der Waals surface area contributed by atoms with Crippen LogP contribution in [-0.4, -0.2) is 19.6 Å². The molecule has 0 aromatic carbocycles. The average molecular weight is 247 g/mol. The number of nitrogens with zero attached hydrogens (tertiary/aromatic N) is 4. The summed E-state index contributed by atoms with van der Waals surface area (Å²) in [7, 11) is 1.95. The van der Waals surface area contributed by atoms with E-state index >= 15 is 0 Å². The Morgan fingerprint density at radius 2 is 2.22 bits per heavy atom. The SMILES string of the molecule is CC[C@H](C)n1ccc(NCc2cnn(C)c2C)n1. The van der Waals surface area contributed by atoms with Crippen LogP contribution in [0, 0.1) is 6.92 Å². The van der Waals surface area contributed by atoms with Gasteiger partial charge in [-0.05, 0) is 20.3 Å². The molecule has 18 heavy (non-hydrogen) atoms. The lowest BCUT2D eigenvalue weighted by Gasteiger charge is -2.08. The summed E-state index contributed by atoms with van der Waals surface area (Å²) in [5, 5.41) is 12.1. The molecular formula is C13H21N5. The molecule has 5 nitrogen and oxygen atoms in total. The maximum absolute atomic E-state index is 4.51. The van der Waals surface area contributed by atoms with E-state index in [1.807, 2.05) is 34.9 Å².